The molecule has 1 aromatic carbocycles. The first-order valence-electron chi connectivity index (χ1n) is 4.87. The third kappa shape index (κ3) is 1.29. The Labute approximate surface area is 96.3 Å². The zero-order valence-corrected chi connectivity index (χ0v) is 9.53. The van der Waals surface area contributed by atoms with Gasteiger partial charge in [0, 0.05) is 12.6 Å². The highest BCUT2D eigenvalue weighted by Crippen LogP contribution is 2.28. The number of rotatable bonds is 1. The third-order valence-electron chi connectivity index (χ3n) is 2.63. The molecule has 2 aromatic heterocycles. The monoisotopic (exact) mass is 230 g/mol. The highest BCUT2D eigenvalue weighted by molar-refractivity contribution is 7.16. The highest BCUT2D eigenvalue weighted by Gasteiger charge is 2.08. The molecule has 3 rings (SSSR count). The fourth-order valence-electron chi connectivity index (χ4n) is 1.69. The fourth-order valence-corrected chi connectivity index (χ4v) is 2.35. The summed E-state index contributed by atoms with van der Waals surface area (Å²) in [4.78, 5) is 4.29. The van der Waals surface area contributed by atoms with E-state index in [1.54, 1.807) is 22.2 Å². The summed E-state index contributed by atoms with van der Waals surface area (Å²) in [5, 5.41) is 4.13. The molecule has 0 saturated heterocycles. The van der Waals surface area contributed by atoms with Gasteiger partial charge in [-0.15, -0.1) is 11.3 Å². The van der Waals surface area contributed by atoms with E-state index in [1.165, 1.54) is 4.70 Å². The quantitative estimate of drug-likeness (QED) is 0.697. The van der Waals surface area contributed by atoms with Crippen LogP contribution in [0.2, 0.25) is 0 Å². The molecule has 16 heavy (non-hydrogen) atoms. The second-order valence-corrected chi connectivity index (χ2v) is 4.49. The molecule has 0 aliphatic carbocycles. The molecule has 0 fully saturated rings. The van der Waals surface area contributed by atoms with E-state index in [0.29, 0.717) is 5.82 Å². The summed E-state index contributed by atoms with van der Waals surface area (Å²) in [6.45, 7) is 0. The number of nitrogens with two attached hydrogens (primary N) is 1. The van der Waals surface area contributed by atoms with Gasteiger partial charge in [-0.25, -0.2) is 4.98 Å². The lowest BCUT2D eigenvalue weighted by Crippen LogP contribution is -1.97. The molecule has 0 aliphatic heterocycles. The standard InChI is InChI=1S/C11H10N4S/c1-15-11(12)8(5-14-15)7-2-3-10-9(4-7)13-6-16-10/h2-6H,12H2,1H3. The lowest BCUT2D eigenvalue weighted by atomic mass is 10.1. The predicted molar refractivity (Wildman–Crippen MR) is 66.2 cm³/mol. The molecule has 3 aromatic rings. The number of hydrogen-bond acceptors (Lipinski definition) is 4. The first-order chi connectivity index (χ1) is 7.75. The number of nitrogen functional groups attached to an aromatic ring is 1. The number of thiazole rings is 1. The van der Waals surface area contributed by atoms with Gasteiger partial charge in [-0.05, 0) is 17.7 Å². The van der Waals surface area contributed by atoms with Gasteiger partial charge in [0.1, 0.15) is 5.82 Å². The van der Waals surface area contributed by atoms with Crippen molar-refractivity contribution in [3.8, 4) is 11.1 Å². The fraction of sp³-hybridized carbons (Fsp3) is 0.0909. The van der Waals surface area contributed by atoms with Crippen LogP contribution >= 0.6 is 11.3 Å². The molecule has 0 amide bonds. The molecule has 4 nitrogen and oxygen atoms in total. The molecule has 80 valence electrons. The molecule has 2 N–H and O–H groups in total. The Morgan fingerprint density at radius 2 is 2.25 bits per heavy atom. The lowest BCUT2D eigenvalue weighted by molar-refractivity contribution is 0.779. The van der Waals surface area contributed by atoms with Crippen LogP contribution in [-0.2, 0) is 7.05 Å². The Bertz CT molecular complexity index is 653. The van der Waals surface area contributed by atoms with E-state index in [-0.39, 0.29) is 0 Å². The van der Waals surface area contributed by atoms with Crippen LogP contribution in [0.15, 0.2) is 29.9 Å². The van der Waals surface area contributed by atoms with Crippen LogP contribution in [0.4, 0.5) is 5.82 Å². The first kappa shape index (κ1) is 9.35. The average Bonchev–Trinajstić information content (AvgIpc) is 2.86. The number of hydrogen-bond donors (Lipinski definition) is 1. The van der Waals surface area contributed by atoms with E-state index in [0.717, 1.165) is 16.6 Å². The van der Waals surface area contributed by atoms with Crippen LogP contribution in [0.5, 0.6) is 0 Å². The summed E-state index contributed by atoms with van der Waals surface area (Å²) in [7, 11) is 1.83. The van der Waals surface area contributed by atoms with Crippen molar-refractivity contribution in [2.75, 3.05) is 5.73 Å². The number of nitrogens with zero attached hydrogens (tertiary/aromatic N) is 3. The van der Waals surface area contributed by atoms with Crippen molar-refractivity contribution in [1.29, 1.82) is 0 Å². The number of fused-ring (bicyclic) bond motifs is 1. The molecule has 5 heteroatoms. The molecule has 0 spiro atoms. The maximum absolute atomic E-state index is 5.94. The molecular formula is C11H10N4S. The van der Waals surface area contributed by atoms with E-state index in [2.05, 4.69) is 16.1 Å². The van der Waals surface area contributed by atoms with Crippen LogP contribution in [0.25, 0.3) is 21.3 Å². The van der Waals surface area contributed by atoms with E-state index >= 15 is 0 Å². The number of anilines is 1. The Kier molecular flexibility index (Phi) is 1.94. The number of benzene rings is 1. The topological polar surface area (TPSA) is 56.7 Å². The number of aromatic nitrogens is 3. The smallest absolute Gasteiger partial charge is 0.129 e. The number of aryl methyl sites for hydroxylation is 1. The van der Waals surface area contributed by atoms with Gasteiger partial charge in [0.25, 0.3) is 0 Å². The van der Waals surface area contributed by atoms with Gasteiger partial charge in [0.2, 0.25) is 0 Å². The Morgan fingerprint density at radius 3 is 3.00 bits per heavy atom. The second kappa shape index (κ2) is 3.31. The minimum atomic E-state index is 0.676. The van der Waals surface area contributed by atoms with Crippen LogP contribution in [0.3, 0.4) is 0 Å². The van der Waals surface area contributed by atoms with E-state index in [9.17, 15) is 0 Å². The van der Waals surface area contributed by atoms with E-state index in [4.69, 9.17) is 5.73 Å². The summed E-state index contributed by atoms with van der Waals surface area (Å²) in [6, 6.07) is 6.15. The van der Waals surface area contributed by atoms with Gasteiger partial charge in [0.15, 0.2) is 0 Å². The van der Waals surface area contributed by atoms with Crippen molar-refractivity contribution < 1.29 is 0 Å². The summed E-state index contributed by atoms with van der Waals surface area (Å²) < 4.78 is 2.85. The van der Waals surface area contributed by atoms with Gasteiger partial charge in [-0.3, -0.25) is 4.68 Å². The first-order valence-corrected chi connectivity index (χ1v) is 5.75. The molecule has 0 saturated carbocycles. The SMILES string of the molecule is Cn1ncc(-c2ccc3scnc3c2)c1N. The predicted octanol–water partition coefficient (Wildman–Crippen LogP) is 2.28. The van der Waals surface area contributed by atoms with Crippen LogP contribution in [0, 0.1) is 0 Å². The molecule has 0 aliphatic rings. The average molecular weight is 230 g/mol. The minimum Gasteiger partial charge on any atom is -0.383 e. The van der Waals surface area contributed by atoms with Crippen LogP contribution < -0.4 is 5.73 Å². The Balaban J connectivity index is 2.21. The third-order valence-corrected chi connectivity index (χ3v) is 3.44. The molecule has 0 unspecified atom stereocenters. The lowest BCUT2D eigenvalue weighted by Gasteiger charge is -2.00. The van der Waals surface area contributed by atoms with Crippen molar-refractivity contribution in [2.45, 2.75) is 0 Å². The van der Waals surface area contributed by atoms with Gasteiger partial charge >= 0.3 is 0 Å². The zero-order valence-electron chi connectivity index (χ0n) is 8.71. The Morgan fingerprint density at radius 1 is 1.38 bits per heavy atom. The van der Waals surface area contributed by atoms with Crippen LogP contribution in [-0.4, -0.2) is 14.8 Å². The van der Waals surface area contributed by atoms with Gasteiger partial charge in [-0.1, -0.05) is 6.07 Å². The largest absolute Gasteiger partial charge is 0.383 e. The molecule has 0 radical (unpaired) electrons. The van der Waals surface area contributed by atoms with E-state index < -0.39 is 0 Å². The van der Waals surface area contributed by atoms with Crippen molar-refractivity contribution in [3.63, 3.8) is 0 Å². The maximum Gasteiger partial charge on any atom is 0.129 e. The van der Waals surface area contributed by atoms with E-state index in [1.807, 2.05) is 24.7 Å². The van der Waals surface area contributed by atoms with Crippen molar-refractivity contribution in [1.82, 2.24) is 14.8 Å². The van der Waals surface area contributed by atoms with Gasteiger partial charge in [0.05, 0.1) is 21.9 Å². The minimum absolute atomic E-state index is 0.676. The second-order valence-electron chi connectivity index (χ2n) is 3.60. The summed E-state index contributed by atoms with van der Waals surface area (Å²) >= 11 is 1.64. The van der Waals surface area contributed by atoms with Gasteiger partial charge < -0.3 is 5.73 Å². The zero-order chi connectivity index (χ0) is 11.1. The van der Waals surface area contributed by atoms with Crippen molar-refractivity contribution in [3.05, 3.63) is 29.9 Å². The molecule has 0 bridgehead atoms. The van der Waals surface area contributed by atoms with Crippen molar-refractivity contribution in [2.24, 2.45) is 7.05 Å². The molecular weight excluding hydrogens is 220 g/mol. The van der Waals surface area contributed by atoms with Gasteiger partial charge in [-0.2, -0.15) is 5.10 Å². The summed E-state index contributed by atoms with van der Waals surface area (Å²) in [5.74, 6) is 0.676. The molecule has 2 heterocycles. The molecule has 0 atom stereocenters. The maximum atomic E-state index is 5.94. The summed E-state index contributed by atoms with van der Waals surface area (Å²) in [5.41, 5.74) is 10.8. The highest BCUT2D eigenvalue weighted by atomic mass is 32.1. The Hall–Kier alpha value is -1.88. The summed E-state index contributed by atoms with van der Waals surface area (Å²) in [6.07, 6.45) is 1.78. The van der Waals surface area contributed by atoms with Crippen molar-refractivity contribution >= 4 is 27.4 Å². The van der Waals surface area contributed by atoms with Crippen LogP contribution in [0.1, 0.15) is 0 Å². The normalized spacial score (nSPS) is 11.1.